The number of nitrogens with zero attached hydrogens (tertiary/aromatic N) is 1. The highest BCUT2D eigenvalue weighted by Gasteiger charge is 2.51. The van der Waals surface area contributed by atoms with Crippen LogP contribution in [0.5, 0.6) is 0 Å². The van der Waals surface area contributed by atoms with Crippen LogP contribution in [-0.2, 0) is 11.2 Å². The molecule has 2 aliphatic rings. The van der Waals surface area contributed by atoms with Gasteiger partial charge in [-0.1, -0.05) is 20.8 Å². The Kier molecular flexibility index (Phi) is 3.58. The van der Waals surface area contributed by atoms with E-state index >= 15 is 0 Å². The zero-order valence-electron chi connectivity index (χ0n) is 14.3. The van der Waals surface area contributed by atoms with Gasteiger partial charge >= 0.3 is 5.97 Å². The Hall–Kier alpha value is -1.78. The lowest BCUT2D eigenvalue weighted by molar-refractivity contribution is -0.136. The van der Waals surface area contributed by atoms with E-state index in [9.17, 15) is 9.59 Å². The number of hydrogen-bond acceptors (Lipinski definition) is 3. The molecular formula is C18H25NO4. The highest BCUT2D eigenvalue weighted by molar-refractivity contribution is 5.98. The van der Waals surface area contributed by atoms with Crippen LogP contribution in [0.25, 0.3) is 0 Å². The molecule has 0 radical (unpaired) electrons. The first-order chi connectivity index (χ1) is 10.6. The van der Waals surface area contributed by atoms with Crippen LogP contribution >= 0.6 is 0 Å². The molecule has 5 nitrogen and oxygen atoms in total. The van der Waals surface area contributed by atoms with Gasteiger partial charge in [0.1, 0.15) is 12.2 Å². The summed E-state index contributed by atoms with van der Waals surface area (Å²) in [7, 11) is 0. The molecule has 2 fully saturated rings. The Morgan fingerprint density at radius 1 is 1.35 bits per heavy atom. The molecule has 126 valence electrons. The highest BCUT2D eigenvalue weighted by atomic mass is 16.4. The lowest BCUT2D eigenvalue weighted by atomic mass is 9.65. The van der Waals surface area contributed by atoms with Crippen molar-refractivity contribution < 1.29 is 19.1 Å². The van der Waals surface area contributed by atoms with Crippen LogP contribution in [0.2, 0.25) is 0 Å². The highest BCUT2D eigenvalue weighted by Crippen LogP contribution is 2.52. The van der Waals surface area contributed by atoms with Crippen molar-refractivity contribution in [1.82, 2.24) is 4.90 Å². The summed E-state index contributed by atoms with van der Waals surface area (Å²) in [5.41, 5.74) is 1.56. The smallest absolute Gasteiger partial charge is 0.311 e. The summed E-state index contributed by atoms with van der Waals surface area (Å²) in [6.07, 6.45) is 4.38. The summed E-state index contributed by atoms with van der Waals surface area (Å²) in [6, 6.07) is 0.239. The number of furan rings is 1. The summed E-state index contributed by atoms with van der Waals surface area (Å²) in [6.45, 7) is 9.34. The first-order valence-electron chi connectivity index (χ1n) is 8.20. The van der Waals surface area contributed by atoms with Crippen molar-refractivity contribution in [1.29, 1.82) is 0 Å². The van der Waals surface area contributed by atoms with Gasteiger partial charge in [0.2, 0.25) is 0 Å². The van der Waals surface area contributed by atoms with Crippen molar-refractivity contribution in [2.45, 2.75) is 59.4 Å². The molecule has 2 heterocycles. The van der Waals surface area contributed by atoms with E-state index in [0.717, 1.165) is 31.4 Å². The molecule has 0 spiro atoms. The third-order valence-corrected chi connectivity index (χ3v) is 5.25. The molecule has 1 aliphatic carbocycles. The van der Waals surface area contributed by atoms with Crippen LogP contribution in [-0.4, -0.2) is 34.5 Å². The number of carboxylic acid groups (broad SMARTS) is 1. The topological polar surface area (TPSA) is 70.7 Å². The molecule has 1 saturated heterocycles. The van der Waals surface area contributed by atoms with Gasteiger partial charge in [-0.05, 0) is 37.0 Å². The van der Waals surface area contributed by atoms with E-state index < -0.39 is 5.97 Å². The third kappa shape index (κ3) is 2.89. The SMILES string of the molecule is Cc1coc(CC(=O)O)c1C(=O)N1CC2(C)CC1CC(C)(C)C2. The van der Waals surface area contributed by atoms with E-state index in [1.54, 1.807) is 6.92 Å². The molecule has 2 atom stereocenters. The van der Waals surface area contributed by atoms with E-state index in [1.807, 2.05) is 4.90 Å². The Balaban J connectivity index is 1.90. The van der Waals surface area contributed by atoms with Gasteiger partial charge in [-0.25, -0.2) is 0 Å². The zero-order valence-corrected chi connectivity index (χ0v) is 14.3. The van der Waals surface area contributed by atoms with Gasteiger partial charge in [-0.15, -0.1) is 0 Å². The summed E-state index contributed by atoms with van der Waals surface area (Å²) < 4.78 is 5.34. The van der Waals surface area contributed by atoms with Crippen LogP contribution < -0.4 is 0 Å². The number of carbonyl (C=O) groups is 2. The van der Waals surface area contributed by atoms with E-state index in [-0.39, 0.29) is 35.0 Å². The molecule has 1 saturated carbocycles. The number of likely N-dealkylation sites (tertiary alicyclic amines) is 1. The Bertz CT molecular complexity index is 660. The van der Waals surface area contributed by atoms with Crippen LogP contribution in [0.3, 0.4) is 0 Å². The maximum atomic E-state index is 13.1. The molecule has 1 aromatic rings. The summed E-state index contributed by atoms with van der Waals surface area (Å²) in [5, 5.41) is 9.02. The second kappa shape index (κ2) is 5.11. The minimum absolute atomic E-state index is 0.0704. The van der Waals surface area contributed by atoms with Gasteiger partial charge in [-0.3, -0.25) is 9.59 Å². The third-order valence-electron chi connectivity index (χ3n) is 5.25. The second-order valence-corrected chi connectivity index (χ2v) is 8.43. The lowest BCUT2D eigenvalue weighted by Gasteiger charge is -2.39. The predicted molar refractivity (Wildman–Crippen MR) is 85.3 cm³/mol. The van der Waals surface area contributed by atoms with Crippen LogP contribution in [0.15, 0.2) is 10.7 Å². The lowest BCUT2D eigenvalue weighted by Crippen LogP contribution is -2.38. The monoisotopic (exact) mass is 319 g/mol. The molecule has 2 unspecified atom stereocenters. The molecule has 3 rings (SSSR count). The predicted octanol–water partition coefficient (Wildman–Crippen LogP) is 3.26. The van der Waals surface area contributed by atoms with Gasteiger partial charge in [0.05, 0.1) is 11.8 Å². The number of aryl methyl sites for hydroxylation is 1. The van der Waals surface area contributed by atoms with Crippen LogP contribution in [0, 0.1) is 17.8 Å². The first kappa shape index (κ1) is 16.1. The average Bonchev–Trinajstić information content (AvgIpc) is 2.84. The normalized spacial score (nSPS) is 28.9. The fraction of sp³-hybridized carbons (Fsp3) is 0.667. The molecule has 5 heteroatoms. The standard InChI is InChI=1S/C18H25NO4/c1-11-8-23-13(5-14(20)21)15(11)16(22)19-10-18(4)7-12(19)6-17(2,3)9-18/h8,12H,5-7,9-10H2,1-4H3,(H,20,21). The zero-order chi connectivity index (χ0) is 17.0. The summed E-state index contributed by atoms with van der Waals surface area (Å²) in [5.74, 6) is -0.786. The fourth-order valence-corrected chi connectivity index (χ4v) is 4.89. The number of fused-ring (bicyclic) bond motifs is 2. The molecule has 23 heavy (non-hydrogen) atoms. The van der Waals surface area contributed by atoms with Gasteiger partial charge in [0.25, 0.3) is 5.91 Å². The quantitative estimate of drug-likeness (QED) is 0.928. The van der Waals surface area contributed by atoms with E-state index in [1.165, 1.54) is 6.26 Å². The largest absolute Gasteiger partial charge is 0.481 e. The Morgan fingerprint density at radius 2 is 2.04 bits per heavy atom. The molecular weight excluding hydrogens is 294 g/mol. The molecule has 1 amide bonds. The first-order valence-corrected chi connectivity index (χ1v) is 8.20. The van der Waals surface area contributed by atoms with Crippen molar-refractivity contribution in [3.8, 4) is 0 Å². The Labute approximate surface area is 136 Å². The van der Waals surface area contributed by atoms with E-state index in [4.69, 9.17) is 9.52 Å². The van der Waals surface area contributed by atoms with Crippen molar-refractivity contribution >= 4 is 11.9 Å². The van der Waals surface area contributed by atoms with Gasteiger partial charge < -0.3 is 14.4 Å². The average molecular weight is 319 g/mol. The maximum absolute atomic E-state index is 13.1. The van der Waals surface area contributed by atoms with Crippen molar-refractivity contribution in [2.24, 2.45) is 10.8 Å². The number of carboxylic acids is 1. The number of rotatable bonds is 3. The summed E-state index contributed by atoms with van der Waals surface area (Å²) in [4.78, 5) is 26.1. The molecule has 2 bridgehead atoms. The van der Waals surface area contributed by atoms with Crippen molar-refractivity contribution in [2.75, 3.05) is 6.54 Å². The van der Waals surface area contributed by atoms with Crippen LogP contribution in [0.4, 0.5) is 0 Å². The van der Waals surface area contributed by atoms with Gasteiger partial charge in [0.15, 0.2) is 0 Å². The maximum Gasteiger partial charge on any atom is 0.311 e. The number of carbonyl (C=O) groups excluding carboxylic acids is 1. The number of amides is 1. The van der Waals surface area contributed by atoms with E-state index in [0.29, 0.717) is 5.56 Å². The van der Waals surface area contributed by atoms with E-state index in [2.05, 4.69) is 20.8 Å². The number of aliphatic carboxylic acids is 1. The minimum Gasteiger partial charge on any atom is -0.481 e. The Morgan fingerprint density at radius 3 is 2.70 bits per heavy atom. The van der Waals surface area contributed by atoms with Gasteiger partial charge in [-0.2, -0.15) is 0 Å². The van der Waals surface area contributed by atoms with Gasteiger partial charge in [0, 0.05) is 18.2 Å². The molecule has 1 N–H and O–H groups in total. The molecule has 1 aliphatic heterocycles. The molecule has 1 aromatic heterocycles. The van der Waals surface area contributed by atoms with Crippen LogP contribution in [0.1, 0.15) is 61.7 Å². The fourth-order valence-electron chi connectivity index (χ4n) is 4.89. The second-order valence-electron chi connectivity index (χ2n) is 8.43. The van der Waals surface area contributed by atoms with Crippen molar-refractivity contribution in [3.05, 3.63) is 23.2 Å². The number of hydrogen-bond donors (Lipinski definition) is 1. The van der Waals surface area contributed by atoms with Crippen molar-refractivity contribution in [3.63, 3.8) is 0 Å². The summed E-state index contributed by atoms with van der Waals surface area (Å²) >= 11 is 0. The molecule has 0 aromatic carbocycles. The minimum atomic E-state index is -0.985.